The molecular formula is C26H18Cl2N2O5. The van der Waals surface area contributed by atoms with Crippen molar-refractivity contribution in [3.8, 4) is 11.3 Å². The van der Waals surface area contributed by atoms with Crippen LogP contribution in [0.4, 0.5) is 5.69 Å². The van der Waals surface area contributed by atoms with Crippen molar-refractivity contribution in [1.29, 1.82) is 0 Å². The molecule has 0 radical (unpaired) electrons. The van der Waals surface area contributed by atoms with E-state index in [9.17, 15) is 14.4 Å². The lowest BCUT2D eigenvalue weighted by Gasteiger charge is -2.14. The Morgan fingerprint density at radius 1 is 0.800 bits per heavy atom. The predicted molar refractivity (Wildman–Crippen MR) is 134 cm³/mol. The Bertz CT molecular complexity index is 1490. The molecular weight excluding hydrogens is 491 g/mol. The van der Waals surface area contributed by atoms with Gasteiger partial charge >= 0.3 is 11.9 Å². The van der Waals surface area contributed by atoms with Crippen molar-refractivity contribution in [2.24, 2.45) is 0 Å². The first-order chi connectivity index (χ1) is 16.8. The van der Waals surface area contributed by atoms with Crippen LogP contribution in [0.15, 0.2) is 66.7 Å². The lowest BCUT2D eigenvalue weighted by molar-refractivity contribution is 0.0587. The van der Waals surface area contributed by atoms with Crippen molar-refractivity contribution in [2.45, 2.75) is 0 Å². The molecule has 4 rings (SSSR count). The second-order valence-electron chi connectivity index (χ2n) is 7.40. The second-order valence-corrected chi connectivity index (χ2v) is 8.21. The zero-order chi connectivity index (χ0) is 25.1. The summed E-state index contributed by atoms with van der Waals surface area (Å²) in [5.74, 6) is -1.81. The average Bonchev–Trinajstić information content (AvgIpc) is 2.88. The highest BCUT2D eigenvalue weighted by molar-refractivity contribution is 6.42. The summed E-state index contributed by atoms with van der Waals surface area (Å²) >= 11 is 12.2. The van der Waals surface area contributed by atoms with Gasteiger partial charge in [-0.05, 0) is 42.5 Å². The Kier molecular flexibility index (Phi) is 7.00. The number of benzene rings is 3. The van der Waals surface area contributed by atoms with E-state index in [1.165, 1.54) is 32.4 Å². The third-order valence-electron chi connectivity index (χ3n) is 5.27. The molecule has 0 aliphatic carbocycles. The molecule has 0 bridgehead atoms. The van der Waals surface area contributed by atoms with Crippen molar-refractivity contribution in [3.05, 3.63) is 93.5 Å². The maximum absolute atomic E-state index is 13.5. The molecule has 7 nitrogen and oxygen atoms in total. The quantitative estimate of drug-likeness (QED) is 0.330. The van der Waals surface area contributed by atoms with Crippen LogP contribution in [0.1, 0.15) is 31.1 Å². The number of halogens is 2. The van der Waals surface area contributed by atoms with E-state index in [1.54, 1.807) is 42.5 Å². The standard InChI is InChI=1S/C26H18Cl2N2O5/c1-34-25(32)15-7-9-17(26(33)35-2)23(12-15)30-24(31)18-13-22(14-8-10-19(27)20(28)11-14)29-21-6-4-3-5-16(18)21/h3-13H,1-2H3,(H,30,31). The number of fused-ring (bicyclic) bond motifs is 1. The summed E-state index contributed by atoms with van der Waals surface area (Å²) in [6.45, 7) is 0. The number of methoxy groups -OCH3 is 2. The van der Waals surface area contributed by atoms with Gasteiger partial charge in [0.25, 0.3) is 5.91 Å². The SMILES string of the molecule is COC(=O)c1ccc(C(=O)OC)c(NC(=O)c2cc(-c3ccc(Cl)c(Cl)c3)nc3ccccc23)c1. The first kappa shape index (κ1) is 24.2. The third-order valence-corrected chi connectivity index (χ3v) is 6.01. The van der Waals surface area contributed by atoms with Crippen LogP contribution >= 0.6 is 23.2 Å². The third kappa shape index (κ3) is 4.96. The van der Waals surface area contributed by atoms with Gasteiger partial charge in [0.05, 0.1) is 57.9 Å². The summed E-state index contributed by atoms with van der Waals surface area (Å²) in [6, 6.07) is 18.0. The predicted octanol–water partition coefficient (Wildman–Crippen LogP) is 6.03. The van der Waals surface area contributed by atoms with E-state index >= 15 is 0 Å². The van der Waals surface area contributed by atoms with Gasteiger partial charge in [-0.2, -0.15) is 0 Å². The fraction of sp³-hybridized carbons (Fsp3) is 0.0769. The Morgan fingerprint density at radius 3 is 2.26 bits per heavy atom. The van der Waals surface area contributed by atoms with Crippen LogP contribution in [0.3, 0.4) is 0 Å². The Balaban J connectivity index is 1.82. The molecule has 4 aromatic rings. The molecule has 3 aromatic carbocycles. The topological polar surface area (TPSA) is 94.6 Å². The minimum atomic E-state index is -0.673. The molecule has 0 aliphatic rings. The maximum Gasteiger partial charge on any atom is 0.339 e. The van der Waals surface area contributed by atoms with Crippen LogP contribution in [-0.2, 0) is 9.47 Å². The largest absolute Gasteiger partial charge is 0.465 e. The number of para-hydroxylation sites is 1. The molecule has 1 aromatic heterocycles. The first-order valence-corrected chi connectivity index (χ1v) is 11.0. The van der Waals surface area contributed by atoms with Gasteiger partial charge in [-0.1, -0.05) is 47.5 Å². The number of amides is 1. The number of nitrogens with zero attached hydrogens (tertiary/aromatic N) is 1. The number of esters is 2. The van der Waals surface area contributed by atoms with Crippen LogP contribution < -0.4 is 5.32 Å². The number of aromatic nitrogens is 1. The van der Waals surface area contributed by atoms with E-state index in [2.05, 4.69) is 10.3 Å². The Labute approximate surface area is 210 Å². The smallest absolute Gasteiger partial charge is 0.339 e. The van der Waals surface area contributed by atoms with Gasteiger partial charge in [0.15, 0.2) is 0 Å². The summed E-state index contributed by atoms with van der Waals surface area (Å²) in [6.07, 6.45) is 0. The zero-order valence-corrected chi connectivity index (χ0v) is 20.1. The number of carbonyl (C=O) groups excluding carboxylic acids is 3. The van der Waals surface area contributed by atoms with E-state index in [1.807, 2.05) is 6.07 Å². The fourth-order valence-corrected chi connectivity index (χ4v) is 3.83. The maximum atomic E-state index is 13.5. The number of anilines is 1. The molecule has 1 heterocycles. The first-order valence-electron chi connectivity index (χ1n) is 10.3. The number of hydrogen-bond donors (Lipinski definition) is 1. The van der Waals surface area contributed by atoms with Gasteiger partial charge in [0, 0.05) is 10.9 Å². The minimum Gasteiger partial charge on any atom is -0.465 e. The normalized spacial score (nSPS) is 10.6. The molecule has 9 heteroatoms. The summed E-state index contributed by atoms with van der Waals surface area (Å²) in [5.41, 5.74) is 2.39. The highest BCUT2D eigenvalue weighted by Gasteiger charge is 2.20. The number of rotatable bonds is 5. The monoisotopic (exact) mass is 508 g/mol. The van der Waals surface area contributed by atoms with Crippen molar-refractivity contribution >= 4 is 57.6 Å². The summed E-state index contributed by atoms with van der Waals surface area (Å²) < 4.78 is 9.57. The molecule has 1 N–H and O–H groups in total. The van der Waals surface area contributed by atoms with E-state index in [-0.39, 0.29) is 16.8 Å². The van der Waals surface area contributed by atoms with Crippen LogP contribution in [-0.4, -0.2) is 37.0 Å². The highest BCUT2D eigenvalue weighted by atomic mass is 35.5. The molecule has 0 saturated carbocycles. The van der Waals surface area contributed by atoms with Crippen LogP contribution in [0, 0.1) is 0 Å². The van der Waals surface area contributed by atoms with Gasteiger partial charge in [0.1, 0.15) is 0 Å². The molecule has 0 saturated heterocycles. The van der Waals surface area contributed by atoms with E-state index in [0.717, 1.165) is 0 Å². The van der Waals surface area contributed by atoms with Crippen LogP contribution in [0.25, 0.3) is 22.2 Å². The lowest BCUT2D eigenvalue weighted by atomic mass is 10.0. The highest BCUT2D eigenvalue weighted by Crippen LogP contribution is 2.31. The van der Waals surface area contributed by atoms with E-state index < -0.39 is 17.8 Å². The Morgan fingerprint density at radius 2 is 1.54 bits per heavy atom. The number of ether oxygens (including phenoxy) is 2. The van der Waals surface area contributed by atoms with Crippen LogP contribution in [0.5, 0.6) is 0 Å². The number of hydrogen-bond acceptors (Lipinski definition) is 6. The Hall–Kier alpha value is -3.94. The minimum absolute atomic E-state index is 0.0802. The van der Waals surface area contributed by atoms with Crippen molar-refractivity contribution < 1.29 is 23.9 Å². The van der Waals surface area contributed by atoms with Gasteiger partial charge in [-0.25, -0.2) is 14.6 Å². The van der Waals surface area contributed by atoms with Gasteiger partial charge in [-0.3, -0.25) is 4.79 Å². The summed E-state index contributed by atoms with van der Waals surface area (Å²) in [4.78, 5) is 42.5. The molecule has 176 valence electrons. The molecule has 0 fully saturated rings. The van der Waals surface area contributed by atoms with Crippen molar-refractivity contribution in [2.75, 3.05) is 19.5 Å². The van der Waals surface area contributed by atoms with Gasteiger partial charge in [0.2, 0.25) is 0 Å². The zero-order valence-electron chi connectivity index (χ0n) is 18.6. The van der Waals surface area contributed by atoms with Crippen molar-refractivity contribution in [1.82, 2.24) is 4.98 Å². The number of pyridine rings is 1. The number of nitrogens with one attached hydrogen (secondary N) is 1. The van der Waals surface area contributed by atoms with Crippen molar-refractivity contribution in [3.63, 3.8) is 0 Å². The summed E-state index contributed by atoms with van der Waals surface area (Å²) in [7, 11) is 2.46. The second kappa shape index (κ2) is 10.1. The molecule has 0 unspecified atom stereocenters. The molecule has 1 amide bonds. The number of carbonyl (C=O) groups is 3. The molecule has 0 spiro atoms. The van der Waals surface area contributed by atoms with Gasteiger partial charge in [-0.15, -0.1) is 0 Å². The molecule has 35 heavy (non-hydrogen) atoms. The van der Waals surface area contributed by atoms with Crippen LogP contribution in [0.2, 0.25) is 10.0 Å². The fourth-order valence-electron chi connectivity index (χ4n) is 3.54. The summed E-state index contributed by atoms with van der Waals surface area (Å²) in [5, 5.41) is 4.08. The van der Waals surface area contributed by atoms with E-state index in [0.29, 0.717) is 37.8 Å². The van der Waals surface area contributed by atoms with Gasteiger partial charge < -0.3 is 14.8 Å². The lowest BCUT2D eigenvalue weighted by Crippen LogP contribution is -2.17. The van der Waals surface area contributed by atoms with E-state index in [4.69, 9.17) is 32.7 Å². The molecule has 0 atom stereocenters. The molecule has 0 aliphatic heterocycles. The average molecular weight is 509 g/mol.